The van der Waals surface area contributed by atoms with Crippen LogP contribution in [0.25, 0.3) is 0 Å². The Labute approximate surface area is 150 Å². The highest BCUT2D eigenvalue weighted by Crippen LogP contribution is 2.26. The van der Waals surface area contributed by atoms with Crippen molar-refractivity contribution < 1.29 is 23.8 Å². The van der Waals surface area contributed by atoms with Crippen molar-refractivity contribution in [1.82, 2.24) is 0 Å². The van der Waals surface area contributed by atoms with Crippen molar-refractivity contribution in [1.29, 1.82) is 0 Å². The maximum atomic E-state index is 11.8. The van der Waals surface area contributed by atoms with E-state index in [1.54, 1.807) is 29.5 Å². The van der Waals surface area contributed by atoms with E-state index in [4.69, 9.17) is 4.74 Å². The zero-order valence-electron chi connectivity index (χ0n) is 14.0. The molecule has 6 nitrogen and oxygen atoms in total. The minimum absolute atomic E-state index is 0.0383. The van der Waals surface area contributed by atoms with Gasteiger partial charge in [0.05, 0.1) is 32.6 Å². The fourth-order valence-electron chi connectivity index (χ4n) is 1.99. The summed E-state index contributed by atoms with van der Waals surface area (Å²) >= 11 is 1.67. The lowest BCUT2D eigenvalue weighted by Crippen LogP contribution is -2.16. The molecule has 1 aromatic carbocycles. The number of carbonyl (C=O) groups is 2. The summed E-state index contributed by atoms with van der Waals surface area (Å²) in [7, 11) is 2.47. The molecule has 0 saturated carbocycles. The van der Waals surface area contributed by atoms with Crippen molar-refractivity contribution in [2.24, 2.45) is 0 Å². The Morgan fingerprint density at radius 3 is 2.60 bits per heavy atom. The van der Waals surface area contributed by atoms with Crippen LogP contribution in [0.15, 0.2) is 53.6 Å². The molecule has 0 unspecified atom stereocenters. The van der Waals surface area contributed by atoms with Crippen molar-refractivity contribution in [3.05, 3.63) is 58.4 Å². The molecule has 2 aromatic rings. The first-order valence-corrected chi connectivity index (χ1v) is 8.41. The van der Waals surface area contributed by atoms with Crippen LogP contribution in [0.3, 0.4) is 0 Å². The molecule has 7 heteroatoms. The second-order valence-electron chi connectivity index (χ2n) is 4.87. The van der Waals surface area contributed by atoms with Gasteiger partial charge in [0.1, 0.15) is 11.4 Å². The average molecular weight is 361 g/mol. The van der Waals surface area contributed by atoms with Crippen molar-refractivity contribution in [3.63, 3.8) is 0 Å². The summed E-state index contributed by atoms with van der Waals surface area (Å²) in [6.07, 6.45) is 1.82. The third-order valence-electron chi connectivity index (χ3n) is 3.21. The van der Waals surface area contributed by atoms with E-state index in [2.05, 4.69) is 14.8 Å². The fraction of sp³-hybridized carbons (Fsp3) is 0.222. The van der Waals surface area contributed by atoms with E-state index in [0.717, 1.165) is 12.5 Å². The Morgan fingerprint density at radius 2 is 1.92 bits per heavy atom. The molecule has 0 radical (unpaired) electrons. The van der Waals surface area contributed by atoms with Gasteiger partial charge in [-0.3, -0.25) is 0 Å². The van der Waals surface area contributed by atoms with E-state index in [1.807, 2.05) is 23.6 Å². The Hall–Kier alpha value is -2.80. The first kappa shape index (κ1) is 18.5. The molecular formula is C18H19NO5S. The minimum atomic E-state index is -0.682. The smallest absolute Gasteiger partial charge is 0.354 e. The third-order valence-corrected chi connectivity index (χ3v) is 4.15. The number of methoxy groups -OCH3 is 2. The number of esters is 2. The van der Waals surface area contributed by atoms with Gasteiger partial charge in [-0.05, 0) is 23.6 Å². The van der Waals surface area contributed by atoms with Crippen LogP contribution >= 0.6 is 11.3 Å². The predicted octanol–water partition coefficient (Wildman–Crippen LogP) is 3.01. The molecule has 0 spiro atoms. The molecule has 0 fully saturated rings. The summed E-state index contributed by atoms with van der Waals surface area (Å²) in [6, 6.07) is 11.2. The molecule has 25 heavy (non-hydrogen) atoms. The maximum absolute atomic E-state index is 11.8. The van der Waals surface area contributed by atoms with E-state index in [-0.39, 0.29) is 5.70 Å². The number of carbonyl (C=O) groups excluding carboxylic acids is 2. The number of para-hydroxylation sites is 2. The van der Waals surface area contributed by atoms with Gasteiger partial charge in [-0.15, -0.1) is 11.3 Å². The minimum Gasteiger partial charge on any atom is -0.491 e. The second-order valence-corrected chi connectivity index (χ2v) is 5.90. The number of hydrogen-bond acceptors (Lipinski definition) is 7. The van der Waals surface area contributed by atoms with Crippen LogP contribution in [-0.2, 0) is 25.5 Å². The van der Waals surface area contributed by atoms with Crippen molar-refractivity contribution in [2.45, 2.75) is 6.42 Å². The second kappa shape index (κ2) is 9.48. The summed E-state index contributed by atoms with van der Waals surface area (Å²) in [4.78, 5) is 24.5. The highest BCUT2D eigenvalue weighted by molar-refractivity contribution is 7.09. The Morgan fingerprint density at radius 1 is 1.12 bits per heavy atom. The molecule has 132 valence electrons. The zero-order chi connectivity index (χ0) is 18.1. The lowest BCUT2D eigenvalue weighted by atomic mass is 10.2. The SMILES string of the molecule is COC(=O)/C=C(/Nc1ccccc1OCCc1cccs1)C(=O)OC. The van der Waals surface area contributed by atoms with Gasteiger partial charge in [0.25, 0.3) is 0 Å². The molecule has 0 saturated heterocycles. The lowest BCUT2D eigenvalue weighted by Gasteiger charge is -2.14. The van der Waals surface area contributed by atoms with Crippen LogP contribution in [0.1, 0.15) is 4.88 Å². The number of rotatable bonds is 8. The van der Waals surface area contributed by atoms with Crippen LogP contribution in [0, 0.1) is 0 Å². The van der Waals surface area contributed by atoms with Gasteiger partial charge in [0.15, 0.2) is 0 Å². The Kier molecular flexibility index (Phi) is 7.03. The van der Waals surface area contributed by atoms with Crippen LogP contribution in [0.4, 0.5) is 5.69 Å². The lowest BCUT2D eigenvalue weighted by molar-refractivity contribution is -0.138. The van der Waals surface area contributed by atoms with Crippen LogP contribution in [0.5, 0.6) is 5.75 Å². The molecule has 0 aliphatic carbocycles. The van der Waals surface area contributed by atoms with Gasteiger partial charge in [0.2, 0.25) is 0 Å². The summed E-state index contributed by atoms with van der Waals surface area (Å²) < 4.78 is 15.0. The van der Waals surface area contributed by atoms with E-state index in [9.17, 15) is 9.59 Å². The summed E-state index contributed by atoms with van der Waals surface area (Å²) in [6.45, 7) is 0.494. The van der Waals surface area contributed by atoms with Crippen molar-refractivity contribution in [2.75, 3.05) is 26.1 Å². The van der Waals surface area contributed by atoms with E-state index in [1.165, 1.54) is 19.1 Å². The highest BCUT2D eigenvalue weighted by Gasteiger charge is 2.15. The largest absolute Gasteiger partial charge is 0.491 e. The van der Waals surface area contributed by atoms with Gasteiger partial charge >= 0.3 is 11.9 Å². The topological polar surface area (TPSA) is 73.9 Å². The number of benzene rings is 1. The number of ether oxygens (including phenoxy) is 3. The Bertz CT molecular complexity index is 740. The molecular weight excluding hydrogens is 342 g/mol. The number of hydrogen-bond donors (Lipinski definition) is 1. The first-order valence-electron chi connectivity index (χ1n) is 7.53. The van der Waals surface area contributed by atoms with E-state index in [0.29, 0.717) is 18.0 Å². The number of nitrogens with one attached hydrogen (secondary N) is 1. The molecule has 2 rings (SSSR count). The molecule has 1 aromatic heterocycles. The normalized spacial score (nSPS) is 10.9. The van der Waals surface area contributed by atoms with Gasteiger partial charge in [-0.2, -0.15) is 0 Å². The first-order chi connectivity index (χ1) is 12.1. The van der Waals surface area contributed by atoms with Crippen molar-refractivity contribution >= 4 is 29.0 Å². The average Bonchev–Trinajstić information content (AvgIpc) is 3.15. The van der Waals surface area contributed by atoms with Crippen LogP contribution in [0.2, 0.25) is 0 Å². The quantitative estimate of drug-likeness (QED) is 0.575. The van der Waals surface area contributed by atoms with Gasteiger partial charge in [-0.25, -0.2) is 9.59 Å². The van der Waals surface area contributed by atoms with Gasteiger partial charge in [-0.1, -0.05) is 18.2 Å². The zero-order valence-corrected chi connectivity index (χ0v) is 14.8. The van der Waals surface area contributed by atoms with Crippen molar-refractivity contribution in [3.8, 4) is 5.75 Å². The fourth-order valence-corrected chi connectivity index (χ4v) is 2.68. The molecule has 0 bridgehead atoms. The third kappa shape index (κ3) is 5.65. The molecule has 0 atom stereocenters. The molecule has 1 heterocycles. The van der Waals surface area contributed by atoms with Gasteiger partial charge < -0.3 is 19.5 Å². The maximum Gasteiger partial charge on any atom is 0.354 e. The highest BCUT2D eigenvalue weighted by atomic mass is 32.1. The number of anilines is 1. The summed E-state index contributed by atoms with van der Waals surface area (Å²) in [5, 5.41) is 4.89. The standard InChI is InChI=1S/C18H19NO5S/c1-22-17(20)12-15(18(21)23-2)19-14-7-3-4-8-16(14)24-10-9-13-6-5-11-25-13/h3-8,11-12,19H,9-10H2,1-2H3/b15-12+. The van der Waals surface area contributed by atoms with Gasteiger partial charge in [0, 0.05) is 11.3 Å². The van der Waals surface area contributed by atoms with E-state index >= 15 is 0 Å². The Balaban J connectivity index is 2.10. The predicted molar refractivity (Wildman–Crippen MR) is 95.7 cm³/mol. The summed E-state index contributed by atoms with van der Waals surface area (Å²) in [5.41, 5.74) is 0.512. The van der Waals surface area contributed by atoms with Crippen LogP contribution in [-0.4, -0.2) is 32.8 Å². The van der Waals surface area contributed by atoms with E-state index < -0.39 is 11.9 Å². The monoisotopic (exact) mass is 361 g/mol. The summed E-state index contributed by atoms with van der Waals surface area (Å²) in [5.74, 6) is -0.776. The molecule has 1 N–H and O–H groups in total. The molecule has 0 amide bonds. The molecule has 0 aliphatic heterocycles. The number of thiophene rings is 1. The molecule has 0 aliphatic rings. The van der Waals surface area contributed by atoms with Crippen LogP contribution < -0.4 is 10.1 Å².